The Morgan fingerprint density at radius 3 is 2.69 bits per heavy atom. The Balaban J connectivity index is 1.28. The van der Waals surface area contributed by atoms with Crippen molar-refractivity contribution in [2.45, 2.75) is 24.4 Å². The van der Waals surface area contributed by atoms with E-state index >= 15 is 0 Å². The van der Waals surface area contributed by atoms with Gasteiger partial charge in [0.05, 0.1) is 22.5 Å². The van der Waals surface area contributed by atoms with E-state index in [2.05, 4.69) is 30.2 Å². The highest BCUT2D eigenvalue weighted by Crippen LogP contribution is 2.30. The number of amides is 1. The summed E-state index contributed by atoms with van der Waals surface area (Å²) in [7, 11) is 0. The number of aromatic amines is 1. The summed E-state index contributed by atoms with van der Waals surface area (Å²) in [6.07, 6.45) is -3.84. The van der Waals surface area contributed by atoms with Crippen LogP contribution in [0.25, 0.3) is 11.0 Å². The molecule has 0 unspecified atom stereocenters. The number of carbonyl (C=O) groups is 1. The van der Waals surface area contributed by atoms with Gasteiger partial charge in [0.15, 0.2) is 5.75 Å². The highest BCUT2D eigenvalue weighted by molar-refractivity contribution is 7.99. The van der Waals surface area contributed by atoms with Crippen LogP contribution in [-0.2, 0) is 17.6 Å². The van der Waals surface area contributed by atoms with Gasteiger partial charge in [-0.3, -0.25) is 4.79 Å². The average molecular weight is 463 g/mol. The molecule has 0 aliphatic heterocycles. The number of alkyl halides is 3. The number of nitrogens with one attached hydrogen (secondary N) is 2. The molecule has 0 bridgehead atoms. The molecule has 166 valence electrons. The summed E-state index contributed by atoms with van der Waals surface area (Å²) in [6, 6.07) is 13.0. The lowest BCUT2D eigenvalue weighted by Crippen LogP contribution is -2.20. The Labute approximate surface area is 183 Å². The molecular formula is C20H16F3N5O3S. The van der Waals surface area contributed by atoms with E-state index in [9.17, 15) is 18.0 Å². The van der Waals surface area contributed by atoms with E-state index in [1.807, 2.05) is 24.3 Å². The first-order chi connectivity index (χ1) is 15.4. The van der Waals surface area contributed by atoms with Gasteiger partial charge in [-0.2, -0.15) is 0 Å². The molecule has 8 nitrogen and oxygen atoms in total. The van der Waals surface area contributed by atoms with Crippen molar-refractivity contribution in [2.24, 2.45) is 0 Å². The van der Waals surface area contributed by atoms with Crippen molar-refractivity contribution >= 4 is 34.4 Å². The van der Waals surface area contributed by atoms with Crippen LogP contribution in [0.2, 0.25) is 0 Å². The molecule has 32 heavy (non-hydrogen) atoms. The van der Waals surface area contributed by atoms with Crippen molar-refractivity contribution in [1.29, 1.82) is 0 Å². The van der Waals surface area contributed by atoms with E-state index in [1.165, 1.54) is 18.2 Å². The molecule has 0 saturated heterocycles. The second-order valence-corrected chi connectivity index (χ2v) is 7.47. The van der Waals surface area contributed by atoms with Crippen molar-refractivity contribution in [3.05, 3.63) is 60.2 Å². The fraction of sp³-hybridized carbons (Fsp3) is 0.200. The Kier molecular flexibility index (Phi) is 6.30. The zero-order valence-electron chi connectivity index (χ0n) is 16.3. The summed E-state index contributed by atoms with van der Waals surface area (Å²) in [6.45, 7) is 0. The summed E-state index contributed by atoms with van der Waals surface area (Å²) in [5.41, 5.74) is 1.72. The van der Waals surface area contributed by atoms with Crippen molar-refractivity contribution in [2.75, 3.05) is 11.1 Å². The predicted molar refractivity (Wildman–Crippen MR) is 110 cm³/mol. The first-order valence-corrected chi connectivity index (χ1v) is 10.4. The number of benzene rings is 2. The number of anilines is 1. The summed E-state index contributed by atoms with van der Waals surface area (Å²) in [5.74, 6) is 0.000212. The first kappa shape index (κ1) is 21.7. The molecule has 0 spiro atoms. The standard InChI is InChI=1S/C20H16F3N5O3S/c21-20(22,23)31-15-8-4-3-7-14(15)26-17(29)11-32-19-28-27-18(30-19)10-9-16-24-12-5-1-2-6-13(12)25-16/h1-8H,9-11H2,(H,24,25)(H,26,29). The number of aromatic nitrogens is 4. The number of hydrogen-bond acceptors (Lipinski definition) is 7. The van der Waals surface area contributed by atoms with Crippen LogP contribution in [-0.4, -0.2) is 38.2 Å². The number of aryl methyl sites for hydroxylation is 2. The van der Waals surface area contributed by atoms with Crippen LogP contribution in [0.1, 0.15) is 11.7 Å². The van der Waals surface area contributed by atoms with Crippen LogP contribution in [0.5, 0.6) is 5.75 Å². The number of thioether (sulfide) groups is 1. The minimum absolute atomic E-state index is 0.0903. The lowest BCUT2D eigenvalue weighted by molar-refractivity contribution is -0.274. The van der Waals surface area contributed by atoms with E-state index in [1.54, 1.807) is 0 Å². The number of H-pyrrole nitrogens is 1. The highest BCUT2D eigenvalue weighted by atomic mass is 32.2. The maximum atomic E-state index is 12.5. The number of imidazole rings is 1. The third-order valence-electron chi connectivity index (χ3n) is 4.18. The summed E-state index contributed by atoms with van der Waals surface area (Å²) >= 11 is 0.974. The van der Waals surface area contributed by atoms with Crippen LogP contribution in [0.3, 0.4) is 0 Å². The van der Waals surface area contributed by atoms with Gasteiger partial charge >= 0.3 is 6.36 Å². The zero-order valence-corrected chi connectivity index (χ0v) is 17.2. The number of fused-ring (bicyclic) bond motifs is 1. The number of ether oxygens (including phenoxy) is 1. The van der Waals surface area contributed by atoms with Gasteiger partial charge in [0.1, 0.15) is 5.82 Å². The number of para-hydroxylation sites is 4. The van der Waals surface area contributed by atoms with Crippen LogP contribution in [0.15, 0.2) is 58.2 Å². The van der Waals surface area contributed by atoms with Gasteiger partial charge in [-0.15, -0.1) is 23.4 Å². The maximum Gasteiger partial charge on any atom is 0.573 e. The zero-order chi connectivity index (χ0) is 22.6. The number of halogens is 3. The van der Waals surface area contributed by atoms with E-state index in [0.29, 0.717) is 18.7 Å². The molecule has 0 saturated carbocycles. The van der Waals surface area contributed by atoms with Crippen molar-refractivity contribution in [3.8, 4) is 5.75 Å². The Hall–Kier alpha value is -3.54. The molecule has 12 heteroatoms. The number of carbonyl (C=O) groups excluding carboxylic acids is 1. The topological polar surface area (TPSA) is 106 Å². The SMILES string of the molecule is O=C(CSc1nnc(CCc2nc3ccccc3[nH]2)o1)Nc1ccccc1OC(F)(F)F. The molecule has 4 rings (SSSR count). The molecule has 4 aromatic rings. The largest absolute Gasteiger partial charge is 0.573 e. The van der Waals surface area contributed by atoms with Crippen molar-refractivity contribution < 1.29 is 27.1 Å². The third-order valence-corrected chi connectivity index (χ3v) is 4.99. The van der Waals surface area contributed by atoms with E-state index in [0.717, 1.165) is 34.7 Å². The van der Waals surface area contributed by atoms with Gasteiger partial charge in [-0.05, 0) is 24.3 Å². The quantitative estimate of drug-likeness (QED) is 0.374. The molecule has 0 aliphatic carbocycles. The van der Waals surface area contributed by atoms with Crippen LogP contribution in [0, 0.1) is 0 Å². The van der Waals surface area contributed by atoms with E-state index in [-0.39, 0.29) is 16.7 Å². The fourth-order valence-electron chi connectivity index (χ4n) is 2.84. The Morgan fingerprint density at radius 2 is 1.88 bits per heavy atom. The molecule has 0 fully saturated rings. The maximum absolute atomic E-state index is 12.5. The molecule has 0 atom stereocenters. The van der Waals surface area contributed by atoms with Gasteiger partial charge in [0, 0.05) is 12.8 Å². The lowest BCUT2D eigenvalue weighted by Gasteiger charge is -2.13. The van der Waals surface area contributed by atoms with Crippen LogP contribution in [0.4, 0.5) is 18.9 Å². The third kappa shape index (κ3) is 5.78. The minimum atomic E-state index is -4.86. The van der Waals surface area contributed by atoms with Crippen LogP contribution >= 0.6 is 11.8 Å². The van der Waals surface area contributed by atoms with Crippen molar-refractivity contribution in [3.63, 3.8) is 0 Å². The van der Waals surface area contributed by atoms with E-state index < -0.39 is 18.0 Å². The Bertz CT molecular complexity index is 1190. The predicted octanol–water partition coefficient (Wildman–Crippen LogP) is 4.36. The highest BCUT2D eigenvalue weighted by Gasteiger charge is 2.32. The number of hydrogen-bond donors (Lipinski definition) is 2. The molecular weight excluding hydrogens is 447 g/mol. The molecule has 2 aromatic carbocycles. The number of nitrogens with zero attached hydrogens (tertiary/aromatic N) is 3. The van der Waals surface area contributed by atoms with Gasteiger partial charge in [0.25, 0.3) is 5.22 Å². The number of rotatable bonds is 8. The average Bonchev–Trinajstić information content (AvgIpc) is 3.37. The van der Waals surface area contributed by atoms with Gasteiger partial charge < -0.3 is 19.5 Å². The van der Waals surface area contributed by atoms with Crippen molar-refractivity contribution in [1.82, 2.24) is 20.2 Å². The normalized spacial score (nSPS) is 11.6. The summed E-state index contributed by atoms with van der Waals surface area (Å²) in [5, 5.41) is 10.4. The second-order valence-electron chi connectivity index (χ2n) is 6.54. The summed E-state index contributed by atoms with van der Waals surface area (Å²) < 4.78 is 46.9. The second kappa shape index (κ2) is 9.30. The molecule has 2 heterocycles. The van der Waals surface area contributed by atoms with Gasteiger partial charge in [-0.25, -0.2) is 4.98 Å². The minimum Gasteiger partial charge on any atom is -0.416 e. The molecule has 2 N–H and O–H groups in total. The van der Waals surface area contributed by atoms with Gasteiger partial charge in [-0.1, -0.05) is 36.0 Å². The molecule has 2 aromatic heterocycles. The summed E-state index contributed by atoms with van der Waals surface area (Å²) in [4.78, 5) is 19.8. The van der Waals surface area contributed by atoms with Gasteiger partial charge in [0.2, 0.25) is 11.8 Å². The lowest BCUT2D eigenvalue weighted by atomic mass is 10.3. The van der Waals surface area contributed by atoms with Crippen LogP contribution < -0.4 is 10.1 Å². The molecule has 0 radical (unpaired) electrons. The molecule has 1 amide bonds. The monoisotopic (exact) mass is 463 g/mol. The fourth-order valence-corrected chi connectivity index (χ4v) is 3.42. The van der Waals surface area contributed by atoms with E-state index in [4.69, 9.17) is 4.42 Å². The first-order valence-electron chi connectivity index (χ1n) is 9.39. The molecule has 0 aliphatic rings. The smallest absolute Gasteiger partial charge is 0.416 e. The Morgan fingerprint density at radius 1 is 1.09 bits per heavy atom.